The van der Waals surface area contributed by atoms with Crippen LogP contribution in [0.1, 0.15) is 63.6 Å². The van der Waals surface area contributed by atoms with Gasteiger partial charge < -0.3 is 20.6 Å². The van der Waals surface area contributed by atoms with E-state index in [1.807, 2.05) is 52.8 Å². The number of hydrogen-bond acceptors (Lipinski definition) is 8. The summed E-state index contributed by atoms with van der Waals surface area (Å²) in [6.07, 6.45) is 1.63. The number of imidazole rings is 1. The summed E-state index contributed by atoms with van der Waals surface area (Å²) >= 11 is 4.64. The first-order chi connectivity index (χ1) is 19.9. The highest BCUT2D eigenvalue weighted by Crippen LogP contribution is 2.30. The van der Waals surface area contributed by atoms with Gasteiger partial charge in [0.1, 0.15) is 11.6 Å². The largest absolute Gasteiger partial charge is 0.399 e. The van der Waals surface area contributed by atoms with Gasteiger partial charge in [0.25, 0.3) is 0 Å². The maximum atomic E-state index is 15.0. The van der Waals surface area contributed by atoms with E-state index in [1.54, 1.807) is 30.5 Å². The second-order valence-corrected chi connectivity index (χ2v) is 10.4. The second-order valence-electron chi connectivity index (χ2n) is 9.90. The molecule has 0 aliphatic heterocycles. The molecule has 5 aromatic rings. The number of hydrogen-bond donors (Lipinski definition) is 3. The number of aromatic amines is 1. The van der Waals surface area contributed by atoms with Crippen molar-refractivity contribution in [2.45, 2.75) is 53.5 Å². The van der Waals surface area contributed by atoms with E-state index in [0.717, 1.165) is 11.1 Å². The Morgan fingerprint density at radius 3 is 2.40 bits per heavy atom. The summed E-state index contributed by atoms with van der Waals surface area (Å²) in [7, 11) is 0. The topological polar surface area (TPSA) is 153 Å². The van der Waals surface area contributed by atoms with Gasteiger partial charge in [0.2, 0.25) is 5.24 Å². The van der Waals surface area contributed by atoms with Gasteiger partial charge in [-0.25, -0.2) is 14.4 Å². The van der Waals surface area contributed by atoms with Crippen molar-refractivity contribution in [2.24, 2.45) is 0 Å². The second kappa shape index (κ2) is 13.8. The van der Waals surface area contributed by atoms with Gasteiger partial charge in [-0.1, -0.05) is 64.0 Å². The molecule has 42 heavy (non-hydrogen) atoms. The van der Waals surface area contributed by atoms with Crippen LogP contribution in [0.2, 0.25) is 0 Å². The number of anilines is 1. The maximum absolute atomic E-state index is 15.0. The third kappa shape index (κ3) is 7.97. The predicted molar refractivity (Wildman–Crippen MR) is 161 cm³/mol. The fourth-order valence-electron chi connectivity index (χ4n) is 3.70. The molecule has 220 valence electrons. The van der Waals surface area contributed by atoms with E-state index in [4.69, 9.17) is 10.3 Å². The lowest BCUT2D eigenvalue weighted by Crippen LogP contribution is -2.24. The quantitative estimate of drug-likeness (QED) is 0.156. The lowest BCUT2D eigenvalue weighted by molar-refractivity contribution is -0.109. The first kappa shape index (κ1) is 31.9. The molecular formula is C30H33ClFN7O3. The van der Waals surface area contributed by atoms with Crippen molar-refractivity contribution in [3.8, 4) is 22.5 Å². The summed E-state index contributed by atoms with van der Waals surface area (Å²) < 4.78 is 20.0. The number of halogens is 2. The number of aromatic nitrogens is 5. The number of nitrogens with one attached hydrogen (secondary N) is 2. The van der Waals surface area contributed by atoms with E-state index >= 15 is 4.39 Å². The predicted octanol–water partition coefficient (Wildman–Crippen LogP) is 6.42. The van der Waals surface area contributed by atoms with Crippen molar-refractivity contribution in [3.05, 3.63) is 77.8 Å². The van der Waals surface area contributed by atoms with Gasteiger partial charge in [0.15, 0.2) is 11.5 Å². The highest BCUT2D eigenvalue weighted by Gasteiger charge is 2.24. The number of carbonyl (C=O) groups excluding carboxylic acids is 2. The Morgan fingerprint density at radius 2 is 1.79 bits per heavy atom. The monoisotopic (exact) mass is 593 g/mol. The zero-order valence-electron chi connectivity index (χ0n) is 24.3. The Labute approximate surface area is 247 Å². The first-order valence-electron chi connectivity index (χ1n) is 13.2. The minimum atomic E-state index is -0.566. The summed E-state index contributed by atoms with van der Waals surface area (Å²) in [5, 5.41) is 6.10. The Balaban J connectivity index is 0.000000745. The van der Waals surface area contributed by atoms with Gasteiger partial charge in [-0.2, -0.15) is 4.98 Å². The van der Waals surface area contributed by atoms with Gasteiger partial charge in [-0.3, -0.25) is 9.59 Å². The summed E-state index contributed by atoms with van der Waals surface area (Å²) in [5.41, 5.74) is 9.90. The average Bonchev–Trinajstić information content (AvgIpc) is 3.61. The van der Waals surface area contributed by atoms with Crippen LogP contribution in [0, 0.1) is 5.82 Å². The Hall–Kier alpha value is -4.64. The van der Waals surface area contributed by atoms with Crippen LogP contribution in [0.4, 0.5) is 10.1 Å². The lowest BCUT2D eigenvalue weighted by Gasteiger charge is -2.10. The summed E-state index contributed by atoms with van der Waals surface area (Å²) in [6, 6.07) is 14.0. The number of carbonyl (C=O) groups is 2. The SMILES string of the molecule is CC.CC(=O)Cl.CC(C)(C)c1noc(C(=O)NCc2ccc(-c3ccnc4nc(-c5cccc(N)c5)[nH]c34)cc2F)n1. The number of fused-ring (bicyclic) bond motifs is 1. The number of pyridine rings is 1. The van der Waals surface area contributed by atoms with Crippen LogP contribution in [0.25, 0.3) is 33.7 Å². The highest BCUT2D eigenvalue weighted by molar-refractivity contribution is 6.62. The van der Waals surface area contributed by atoms with Crippen molar-refractivity contribution in [2.75, 3.05) is 5.73 Å². The number of nitrogens with two attached hydrogens (primary N) is 1. The molecule has 0 unspecified atom stereocenters. The molecule has 0 saturated heterocycles. The van der Waals surface area contributed by atoms with Crippen LogP contribution in [-0.4, -0.2) is 36.2 Å². The minimum Gasteiger partial charge on any atom is -0.399 e. The van der Waals surface area contributed by atoms with Gasteiger partial charge in [-0.15, -0.1) is 0 Å². The molecular weight excluding hydrogens is 561 g/mol. The molecule has 5 rings (SSSR count). The molecule has 0 aliphatic rings. The van der Waals surface area contributed by atoms with Crippen molar-refractivity contribution >= 4 is 39.6 Å². The van der Waals surface area contributed by atoms with Crippen molar-refractivity contribution in [1.82, 2.24) is 30.4 Å². The van der Waals surface area contributed by atoms with E-state index in [0.29, 0.717) is 39.6 Å². The summed E-state index contributed by atoms with van der Waals surface area (Å²) in [6.45, 7) is 11.0. The molecule has 3 aromatic heterocycles. The van der Waals surface area contributed by atoms with Crippen LogP contribution in [0.3, 0.4) is 0 Å². The van der Waals surface area contributed by atoms with Gasteiger partial charge in [0.05, 0.1) is 5.52 Å². The van der Waals surface area contributed by atoms with Crippen LogP contribution in [0.5, 0.6) is 0 Å². The van der Waals surface area contributed by atoms with Crippen molar-refractivity contribution in [3.63, 3.8) is 0 Å². The molecule has 1 amide bonds. The maximum Gasteiger partial charge on any atom is 0.315 e. The zero-order chi connectivity index (χ0) is 31.0. The third-order valence-electron chi connectivity index (χ3n) is 5.65. The number of rotatable bonds is 5. The average molecular weight is 594 g/mol. The Kier molecular flexibility index (Phi) is 10.5. The smallest absolute Gasteiger partial charge is 0.315 e. The van der Waals surface area contributed by atoms with Gasteiger partial charge in [-0.05, 0) is 41.4 Å². The van der Waals surface area contributed by atoms with Gasteiger partial charge >= 0.3 is 11.8 Å². The highest BCUT2D eigenvalue weighted by atomic mass is 35.5. The molecule has 2 aromatic carbocycles. The molecule has 10 nitrogen and oxygen atoms in total. The molecule has 0 radical (unpaired) electrons. The van der Waals surface area contributed by atoms with E-state index in [2.05, 4.69) is 42.0 Å². The van der Waals surface area contributed by atoms with Crippen molar-refractivity contribution < 1.29 is 18.5 Å². The third-order valence-corrected chi connectivity index (χ3v) is 5.65. The number of H-pyrrole nitrogens is 1. The Morgan fingerprint density at radius 1 is 1.07 bits per heavy atom. The van der Waals surface area contributed by atoms with E-state index in [9.17, 15) is 9.59 Å². The lowest BCUT2D eigenvalue weighted by atomic mass is 9.96. The molecule has 0 fully saturated rings. The molecule has 12 heteroatoms. The van der Waals surface area contributed by atoms with E-state index < -0.39 is 11.7 Å². The fraction of sp³-hybridized carbons (Fsp3) is 0.267. The van der Waals surface area contributed by atoms with Gasteiger partial charge in [0, 0.05) is 47.5 Å². The molecule has 4 N–H and O–H groups in total. The van der Waals surface area contributed by atoms with Crippen molar-refractivity contribution in [1.29, 1.82) is 0 Å². The van der Waals surface area contributed by atoms with Crippen LogP contribution >= 0.6 is 11.6 Å². The summed E-state index contributed by atoms with van der Waals surface area (Å²) in [4.78, 5) is 37.9. The number of benzene rings is 2. The number of amides is 1. The molecule has 0 aliphatic carbocycles. The molecule has 0 bridgehead atoms. The fourth-order valence-corrected chi connectivity index (χ4v) is 3.70. The first-order valence-corrected chi connectivity index (χ1v) is 13.6. The van der Waals surface area contributed by atoms with Crippen LogP contribution < -0.4 is 11.1 Å². The number of nitrogens with zero attached hydrogens (tertiary/aromatic N) is 4. The van der Waals surface area contributed by atoms with E-state index in [-0.39, 0.29) is 23.1 Å². The molecule has 0 atom stereocenters. The molecule has 0 saturated carbocycles. The van der Waals surface area contributed by atoms with Crippen LogP contribution in [0.15, 0.2) is 59.3 Å². The standard InChI is InChI=1S/C26H24FN7O2.C2H3ClO.C2H6/c1-26(2,3)25-33-24(36-34-25)23(35)30-13-16-8-7-14(12-19(16)27)18-9-10-29-22-20(18)31-21(32-22)15-5-4-6-17(28)11-15;1-2(3)4;1-2/h4-12H,13,28H2,1-3H3,(H,30,35)(H,29,31,32);1H3;1-2H3. The zero-order valence-corrected chi connectivity index (χ0v) is 25.0. The normalized spacial score (nSPS) is 10.8. The summed E-state index contributed by atoms with van der Waals surface area (Å²) in [5.74, 6) is -0.151. The van der Waals surface area contributed by atoms with E-state index in [1.165, 1.54) is 13.0 Å². The number of nitrogen functional groups attached to an aromatic ring is 1. The molecule has 3 heterocycles. The molecule has 0 spiro atoms. The minimum absolute atomic E-state index is 0.0342. The Bertz CT molecular complexity index is 1690. The van der Waals surface area contributed by atoms with Crippen LogP contribution in [-0.2, 0) is 16.8 Å².